The quantitative estimate of drug-likeness (QED) is 0.221. The van der Waals surface area contributed by atoms with E-state index in [0.717, 1.165) is 33.4 Å². The lowest BCUT2D eigenvalue weighted by Gasteiger charge is -2.11. The predicted molar refractivity (Wildman–Crippen MR) is 171 cm³/mol. The second kappa shape index (κ2) is 9.37. The molecule has 2 heteroatoms. The standard InChI is InChI=1S/C38H24OS/c1-3-12-25(13-4-1)27-16-11-17-28(24-27)37-29-18-7-8-19-30(29)38(39-37)32-22-23-34-36(31-20-9-10-21-33(31)40-34)35(32)26-14-5-2-6-15-26/h1-24H. The molecule has 0 saturated heterocycles. The van der Waals surface area contributed by atoms with Gasteiger partial charge in [0.15, 0.2) is 0 Å². The summed E-state index contributed by atoms with van der Waals surface area (Å²) >= 11 is 1.85. The average Bonchev–Trinajstić information content (AvgIpc) is 3.60. The monoisotopic (exact) mass is 528 g/mol. The van der Waals surface area contributed by atoms with E-state index in [-0.39, 0.29) is 0 Å². The Hall–Kier alpha value is -4.92. The van der Waals surface area contributed by atoms with Gasteiger partial charge in [-0.25, -0.2) is 0 Å². The van der Waals surface area contributed by atoms with Crippen LogP contribution >= 0.6 is 11.3 Å². The summed E-state index contributed by atoms with van der Waals surface area (Å²) in [4.78, 5) is 0. The molecule has 8 rings (SSSR count). The number of thiophene rings is 1. The number of fused-ring (bicyclic) bond motifs is 4. The van der Waals surface area contributed by atoms with E-state index in [1.807, 2.05) is 11.3 Å². The lowest BCUT2D eigenvalue weighted by Crippen LogP contribution is -1.86. The molecule has 1 nitrogen and oxygen atoms in total. The largest absolute Gasteiger partial charge is 0.455 e. The number of benzene rings is 6. The van der Waals surface area contributed by atoms with Gasteiger partial charge in [-0.15, -0.1) is 11.3 Å². The van der Waals surface area contributed by atoms with E-state index in [9.17, 15) is 0 Å². The molecule has 0 atom stereocenters. The molecule has 2 heterocycles. The summed E-state index contributed by atoms with van der Waals surface area (Å²) < 4.78 is 9.52. The van der Waals surface area contributed by atoms with Gasteiger partial charge in [-0.1, -0.05) is 121 Å². The fraction of sp³-hybridized carbons (Fsp3) is 0. The number of furan rings is 1. The highest BCUT2D eigenvalue weighted by Crippen LogP contribution is 2.48. The smallest absolute Gasteiger partial charge is 0.143 e. The Morgan fingerprint density at radius 2 is 1.00 bits per heavy atom. The van der Waals surface area contributed by atoms with Gasteiger partial charge < -0.3 is 4.42 Å². The molecule has 0 aliphatic heterocycles. The topological polar surface area (TPSA) is 13.1 Å². The lowest BCUT2D eigenvalue weighted by molar-refractivity contribution is 0.602. The van der Waals surface area contributed by atoms with E-state index < -0.39 is 0 Å². The number of hydrogen-bond donors (Lipinski definition) is 0. The SMILES string of the molecule is c1ccc(-c2cccc(-c3oc(-c4ccc5sc6ccccc6c5c4-c4ccccc4)c4ccccc34)c2)cc1. The Balaban J connectivity index is 1.42. The summed E-state index contributed by atoms with van der Waals surface area (Å²) in [5.74, 6) is 1.81. The Kier molecular flexibility index (Phi) is 5.39. The van der Waals surface area contributed by atoms with Crippen LogP contribution in [0.1, 0.15) is 0 Å². The minimum absolute atomic E-state index is 0.901. The van der Waals surface area contributed by atoms with Gasteiger partial charge in [0.1, 0.15) is 11.5 Å². The van der Waals surface area contributed by atoms with E-state index in [1.165, 1.54) is 42.4 Å². The van der Waals surface area contributed by atoms with Crippen LogP contribution in [0.2, 0.25) is 0 Å². The maximum atomic E-state index is 6.93. The molecular formula is C38H24OS. The molecule has 0 spiro atoms. The molecule has 188 valence electrons. The molecular weight excluding hydrogens is 504 g/mol. The summed E-state index contributed by atoms with van der Waals surface area (Å²) in [6.07, 6.45) is 0. The fourth-order valence-electron chi connectivity index (χ4n) is 5.89. The zero-order chi connectivity index (χ0) is 26.5. The zero-order valence-corrected chi connectivity index (χ0v) is 22.5. The van der Waals surface area contributed by atoms with Crippen molar-refractivity contribution in [1.82, 2.24) is 0 Å². The summed E-state index contributed by atoms with van der Waals surface area (Å²) in [6.45, 7) is 0. The van der Waals surface area contributed by atoms with Crippen LogP contribution in [0.15, 0.2) is 150 Å². The van der Waals surface area contributed by atoms with E-state index in [0.29, 0.717) is 0 Å². The van der Waals surface area contributed by atoms with Crippen molar-refractivity contribution in [3.05, 3.63) is 146 Å². The third-order valence-corrected chi connectivity index (χ3v) is 8.84. The molecule has 0 amide bonds. The van der Waals surface area contributed by atoms with E-state index in [1.54, 1.807) is 0 Å². The van der Waals surface area contributed by atoms with Crippen molar-refractivity contribution in [2.24, 2.45) is 0 Å². The second-order valence-electron chi connectivity index (χ2n) is 10.1. The Labute approximate surface area is 236 Å². The highest BCUT2D eigenvalue weighted by atomic mass is 32.1. The average molecular weight is 529 g/mol. The van der Waals surface area contributed by atoms with Gasteiger partial charge in [-0.05, 0) is 41.0 Å². The van der Waals surface area contributed by atoms with Crippen LogP contribution in [0.5, 0.6) is 0 Å². The van der Waals surface area contributed by atoms with Gasteiger partial charge in [0.2, 0.25) is 0 Å². The Morgan fingerprint density at radius 3 is 1.77 bits per heavy atom. The molecule has 0 N–H and O–H groups in total. The van der Waals surface area contributed by atoms with Crippen molar-refractivity contribution in [3.8, 4) is 44.9 Å². The van der Waals surface area contributed by atoms with Crippen molar-refractivity contribution in [2.75, 3.05) is 0 Å². The maximum Gasteiger partial charge on any atom is 0.143 e. The molecule has 0 aliphatic carbocycles. The van der Waals surface area contributed by atoms with E-state index >= 15 is 0 Å². The minimum Gasteiger partial charge on any atom is -0.455 e. The van der Waals surface area contributed by atoms with Crippen LogP contribution in [0.4, 0.5) is 0 Å². The Morgan fingerprint density at radius 1 is 0.400 bits per heavy atom. The van der Waals surface area contributed by atoms with Crippen molar-refractivity contribution in [2.45, 2.75) is 0 Å². The first kappa shape index (κ1) is 23.0. The normalized spacial score (nSPS) is 11.5. The van der Waals surface area contributed by atoms with Crippen molar-refractivity contribution in [1.29, 1.82) is 0 Å². The summed E-state index contributed by atoms with van der Waals surface area (Å²) in [5.41, 5.74) is 6.98. The van der Waals surface area contributed by atoms with Gasteiger partial charge in [0, 0.05) is 47.6 Å². The molecule has 0 fully saturated rings. The van der Waals surface area contributed by atoms with Gasteiger partial charge in [-0.3, -0.25) is 0 Å². The summed E-state index contributed by atoms with van der Waals surface area (Å²) in [7, 11) is 0. The number of hydrogen-bond acceptors (Lipinski definition) is 2. The van der Waals surface area contributed by atoms with Crippen LogP contribution in [0.25, 0.3) is 75.8 Å². The molecule has 6 aromatic carbocycles. The first-order valence-electron chi connectivity index (χ1n) is 13.5. The molecule has 0 bridgehead atoms. The molecule has 0 radical (unpaired) electrons. The maximum absolute atomic E-state index is 6.93. The van der Waals surface area contributed by atoms with E-state index in [2.05, 4.69) is 146 Å². The summed E-state index contributed by atoms with van der Waals surface area (Å²) in [6, 6.07) is 51.7. The van der Waals surface area contributed by atoms with Gasteiger partial charge >= 0.3 is 0 Å². The van der Waals surface area contributed by atoms with Crippen LogP contribution in [-0.4, -0.2) is 0 Å². The first-order valence-corrected chi connectivity index (χ1v) is 14.3. The minimum atomic E-state index is 0.901. The third-order valence-electron chi connectivity index (χ3n) is 7.70. The zero-order valence-electron chi connectivity index (χ0n) is 21.7. The molecule has 40 heavy (non-hydrogen) atoms. The number of rotatable bonds is 4. The molecule has 0 aliphatic rings. The van der Waals surface area contributed by atoms with E-state index in [4.69, 9.17) is 4.42 Å². The molecule has 8 aromatic rings. The predicted octanol–water partition coefficient (Wildman–Crippen LogP) is 11.5. The first-order chi connectivity index (χ1) is 19.8. The lowest BCUT2D eigenvalue weighted by atomic mass is 9.92. The highest BCUT2D eigenvalue weighted by Gasteiger charge is 2.22. The van der Waals surface area contributed by atoms with Crippen LogP contribution in [0.3, 0.4) is 0 Å². The van der Waals surface area contributed by atoms with Crippen LogP contribution in [-0.2, 0) is 0 Å². The molecule has 0 unspecified atom stereocenters. The molecule has 2 aromatic heterocycles. The summed E-state index contributed by atoms with van der Waals surface area (Å²) in [5, 5.41) is 4.82. The highest BCUT2D eigenvalue weighted by molar-refractivity contribution is 7.26. The van der Waals surface area contributed by atoms with Crippen LogP contribution in [0, 0.1) is 0 Å². The van der Waals surface area contributed by atoms with Gasteiger partial charge in [0.25, 0.3) is 0 Å². The fourth-order valence-corrected chi connectivity index (χ4v) is 7.00. The Bertz CT molecular complexity index is 2150. The van der Waals surface area contributed by atoms with Crippen molar-refractivity contribution < 1.29 is 4.42 Å². The van der Waals surface area contributed by atoms with Gasteiger partial charge in [0.05, 0.1) is 0 Å². The van der Waals surface area contributed by atoms with Crippen molar-refractivity contribution >= 4 is 42.3 Å². The van der Waals surface area contributed by atoms with Gasteiger partial charge in [-0.2, -0.15) is 0 Å². The van der Waals surface area contributed by atoms with Crippen LogP contribution < -0.4 is 0 Å². The second-order valence-corrected chi connectivity index (χ2v) is 11.2. The third kappa shape index (κ3) is 3.69. The van der Waals surface area contributed by atoms with Crippen molar-refractivity contribution in [3.63, 3.8) is 0 Å². The molecule has 0 saturated carbocycles.